The van der Waals surface area contributed by atoms with E-state index in [4.69, 9.17) is 10.5 Å². The molecule has 2 amide bonds. The van der Waals surface area contributed by atoms with E-state index in [9.17, 15) is 4.79 Å². The highest BCUT2D eigenvalue weighted by Gasteiger charge is 2.41. The van der Waals surface area contributed by atoms with Crippen molar-refractivity contribution in [1.82, 2.24) is 10.2 Å². The predicted molar refractivity (Wildman–Crippen MR) is 101 cm³/mol. The molecule has 0 radical (unpaired) electrons. The molecule has 140 valence electrons. The molecule has 2 heterocycles. The van der Waals surface area contributed by atoms with Crippen LogP contribution in [0.25, 0.3) is 0 Å². The molecule has 5 atom stereocenters. The summed E-state index contributed by atoms with van der Waals surface area (Å²) in [6.07, 6.45) is 9.39. The van der Waals surface area contributed by atoms with Crippen LogP contribution in [-0.4, -0.2) is 59.2 Å². The van der Waals surface area contributed by atoms with Gasteiger partial charge in [0.25, 0.3) is 0 Å². The van der Waals surface area contributed by atoms with Crippen molar-refractivity contribution in [2.45, 2.75) is 81.0 Å². The molecule has 3 fully saturated rings. The quantitative estimate of drug-likeness (QED) is 0.800. The zero-order valence-electron chi connectivity index (χ0n) is 14.8. The van der Waals surface area contributed by atoms with Gasteiger partial charge >= 0.3 is 6.03 Å². The van der Waals surface area contributed by atoms with E-state index >= 15 is 0 Å². The summed E-state index contributed by atoms with van der Waals surface area (Å²) < 4.78 is 6.52. The number of hydrogen-bond acceptors (Lipinski definition) is 5. The number of thioether (sulfide) groups is 1. The fourth-order valence-electron chi connectivity index (χ4n) is 5.06. The largest absolute Gasteiger partial charge is 0.358 e. The first-order valence-corrected chi connectivity index (χ1v) is 10.8. The Kier molecular flexibility index (Phi) is 5.53. The second-order valence-corrected chi connectivity index (χ2v) is 9.02. The van der Waals surface area contributed by atoms with E-state index in [1.165, 1.54) is 25.7 Å². The fourth-order valence-corrected chi connectivity index (χ4v) is 6.05. The number of amides is 2. The first-order valence-electron chi connectivity index (χ1n) is 9.82. The van der Waals surface area contributed by atoms with Crippen LogP contribution in [0.15, 0.2) is 4.99 Å². The fraction of sp³-hybridized carbons (Fsp3) is 0.889. The van der Waals surface area contributed by atoms with Crippen molar-refractivity contribution < 1.29 is 9.53 Å². The molecule has 0 aromatic heterocycles. The molecule has 3 N–H and O–H groups in total. The normalized spacial score (nSPS) is 38.6. The average Bonchev–Trinajstić information content (AvgIpc) is 3.22. The number of rotatable bonds is 4. The van der Waals surface area contributed by atoms with Crippen LogP contribution in [0.4, 0.5) is 4.79 Å². The number of nitrogens with one attached hydrogen (secondary N) is 1. The molecule has 2 bridgehead atoms. The number of nitrogens with zero attached hydrogens (tertiary/aromatic N) is 2. The third kappa shape index (κ3) is 3.98. The van der Waals surface area contributed by atoms with Gasteiger partial charge in [-0.05, 0) is 38.5 Å². The number of aliphatic imine (C=N–C) groups is 1. The molecule has 6 nitrogen and oxygen atoms in total. The Bertz CT molecular complexity index is 503. The van der Waals surface area contributed by atoms with Gasteiger partial charge in [0.2, 0.25) is 0 Å². The highest BCUT2D eigenvalue weighted by Crippen LogP contribution is 2.38. The zero-order valence-corrected chi connectivity index (χ0v) is 15.6. The number of ether oxygens (including phenoxy) is 1. The van der Waals surface area contributed by atoms with Crippen LogP contribution in [0.3, 0.4) is 0 Å². The number of urea groups is 1. The van der Waals surface area contributed by atoms with Crippen molar-refractivity contribution in [3.63, 3.8) is 0 Å². The first kappa shape index (κ1) is 17.6. The van der Waals surface area contributed by atoms with E-state index in [0.29, 0.717) is 29.8 Å². The monoisotopic (exact) mass is 366 g/mol. The third-order valence-corrected chi connectivity index (χ3v) is 7.44. The summed E-state index contributed by atoms with van der Waals surface area (Å²) in [5.74, 6) is 0.547. The lowest BCUT2D eigenvalue weighted by Crippen LogP contribution is -2.52. The molecule has 0 aromatic rings. The summed E-state index contributed by atoms with van der Waals surface area (Å²) in [4.78, 5) is 18.3. The molecule has 2 saturated carbocycles. The van der Waals surface area contributed by atoms with Crippen molar-refractivity contribution in [2.75, 3.05) is 13.1 Å². The third-order valence-electron chi connectivity index (χ3n) is 6.32. The topological polar surface area (TPSA) is 80.0 Å². The number of nitrogens with two attached hydrogens (primary N) is 1. The van der Waals surface area contributed by atoms with Gasteiger partial charge in [-0.15, -0.1) is 11.8 Å². The number of hydrogen-bond donors (Lipinski definition) is 2. The summed E-state index contributed by atoms with van der Waals surface area (Å²) in [5.41, 5.74) is 7.70. The van der Waals surface area contributed by atoms with E-state index in [0.717, 1.165) is 32.2 Å². The van der Waals surface area contributed by atoms with E-state index in [2.05, 4.69) is 10.3 Å². The second-order valence-electron chi connectivity index (χ2n) is 7.93. The van der Waals surface area contributed by atoms with E-state index in [1.807, 2.05) is 22.2 Å². The summed E-state index contributed by atoms with van der Waals surface area (Å²) in [6.45, 7) is 1.50. The van der Waals surface area contributed by atoms with Crippen molar-refractivity contribution in [3.05, 3.63) is 0 Å². The average molecular weight is 367 g/mol. The Hall–Kier alpha value is -0.790. The zero-order chi connectivity index (χ0) is 17.2. The Balaban J connectivity index is 1.45. The minimum Gasteiger partial charge on any atom is -0.358 e. The maximum Gasteiger partial charge on any atom is 0.315 e. The molecule has 5 unspecified atom stereocenters. The summed E-state index contributed by atoms with van der Waals surface area (Å²) in [7, 11) is 0. The molecule has 25 heavy (non-hydrogen) atoms. The molecular weight excluding hydrogens is 336 g/mol. The van der Waals surface area contributed by atoms with Gasteiger partial charge in [-0.2, -0.15) is 0 Å². The van der Waals surface area contributed by atoms with Crippen LogP contribution in [0.5, 0.6) is 0 Å². The van der Waals surface area contributed by atoms with Gasteiger partial charge in [-0.1, -0.05) is 12.8 Å². The van der Waals surface area contributed by atoms with E-state index in [1.54, 1.807) is 0 Å². The summed E-state index contributed by atoms with van der Waals surface area (Å²) >= 11 is 1.86. The molecule has 7 heteroatoms. The molecule has 2 aliphatic carbocycles. The molecular formula is C18H30N4O2S. The Labute approximate surface area is 154 Å². The van der Waals surface area contributed by atoms with Crippen LogP contribution in [-0.2, 0) is 4.74 Å². The van der Waals surface area contributed by atoms with Gasteiger partial charge in [0.15, 0.2) is 0 Å². The lowest BCUT2D eigenvalue weighted by atomic mass is 9.92. The van der Waals surface area contributed by atoms with Crippen molar-refractivity contribution in [3.8, 4) is 0 Å². The van der Waals surface area contributed by atoms with Crippen LogP contribution in [0.2, 0.25) is 0 Å². The van der Waals surface area contributed by atoms with Gasteiger partial charge in [-0.25, -0.2) is 4.79 Å². The Morgan fingerprint density at radius 2 is 2.12 bits per heavy atom. The Morgan fingerprint density at radius 1 is 1.28 bits per heavy atom. The second kappa shape index (κ2) is 7.84. The molecule has 1 saturated heterocycles. The minimum absolute atomic E-state index is 0.0966. The number of primary amides is 1. The van der Waals surface area contributed by atoms with Crippen LogP contribution < -0.4 is 11.1 Å². The smallest absolute Gasteiger partial charge is 0.315 e. The van der Waals surface area contributed by atoms with E-state index < -0.39 is 0 Å². The van der Waals surface area contributed by atoms with E-state index in [-0.39, 0.29) is 18.4 Å². The summed E-state index contributed by atoms with van der Waals surface area (Å²) in [6, 6.07) is 0.464. The highest BCUT2D eigenvalue weighted by molar-refractivity contribution is 8.12. The lowest BCUT2D eigenvalue weighted by Gasteiger charge is -2.35. The maximum absolute atomic E-state index is 12.0. The van der Waals surface area contributed by atoms with Crippen LogP contribution in [0, 0.1) is 5.92 Å². The van der Waals surface area contributed by atoms with Gasteiger partial charge in [0.1, 0.15) is 6.23 Å². The lowest BCUT2D eigenvalue weighted by molar-refractivity contribution is -0.0632. The molecule has 0 spiro atoms. The van der Waals surface area contributed by atoms with Gasteiger partial charge in [0.05, 0.1) is 24.7 Å². The van der Waals surface area contributed by atoms with Gasteiger partial charge < -0.3 is 15.4 Å². The van der Waals surface area contributed by atoms with Gasteiger partial charge in [-0.3, -0.25) is 10.3 Å². The standard InChI is InChI=1S/C18H30N4O2S/c19-18(23)22(13-5-1-2-6-13)10-17-21-12-4-3-7-15(24-17)14(8-12)16-9-20-11-25-16/h11-17,21H,1-10H2,(H2,19,23). The number of carbonyl (C=O) groups is 1. The highest BCUT2D eigenvalue weighted by atomic mass is 32.2. The van der Waals surface area contributed by atoms with Crippen molar-refractivity contribution >= 4 is 23.3 Å². The van der Waals surface area contributed by atoms with Crippen LogP contribution in [0.1, 0.15) is 51.4 Å². The Morgan fingerprint density at radius 3 is 2.84 bits per heavy atom. The van der Waals surface area contributed by atoms with Crippen molar-refractivity contribution in [2.24, 2.45) is 16.6 Å². The minimum atomic E-state index is -0.303. The summed E-state index contributed by atoms with van der Waals surface area (Å²) in [5, 5.41) is 4.24. The molecule has 4 aliphatic rings. The first-order chi connectivity index (χ1) is 12.2. The van der Waals surface area contributed by atoms with Crippen molar-refractivity contribution in [1.29, 1.82) is 0 Å². The van der Waals surface area contributed by atoms with Crippen LogP contribution >= 0.6 is 11.8 Å². The maximum atomic E-state index is 12.0. The van der Waals surface area contributed by atoms with Gasteiger partial charge in [0, 0.05) is 23.3 Å². The number of carbonyl (C=O) groups excluding carboxylic acids is 1. The molecule has 2 aliphatic heterocycles. The number of fused-ring (bicyclic) bond motifs is 3. The molecule has 4 rings (SSSR count). The predicted octanol–water partition coefficient (Wildman–Crippen LogP) is 2.33. The SMILES string of the molecule is NC(=O)N(CC1NC2CCCC(O1)C(C1CN=CS1)C2)C1CCCC1. The molecule has 0 aromatic carbocycles.